The molecule has 1 aromatic rings. The molecule has 1 atom stereocenters. The summed E-state index contributed by atoms with van der Waals surface area (Å²) >= 11 is 0. The SMILES string of the molecule is CC(=O)C(C)c1nc(N2CCCCCC2)no1. The van der Waals surface area contributed by atoms with Gasteiger partial charge in [0, 0.05) is 13.1 Å². The lowest BCUT2D eigenvalue weighted by Gasteiger charge is -2.16. The molecule has 0 amide bonds. The van der Waals surface area contributed by atoms with E-state index in [2.05, 4.69) is 15.0 Å². The Bertz CT molecular complexity index is 381. The van der Waals surface area contributed by atoms with Gasteiger partial charge >= 0.3 is 0 Å². The molecular weight excluding hydrogens is 218 g/mol. The summed E-state index contributed by atoms with van der Waals surface area (Å²) in [5.41, 5.74) is 0. The zero-order valence-electron chi connectivity index (χ0n) is 10.5. The Morgan fingerprint density at radius 1 is 1.29 bits per heavy atom. The number of rotatable bonds is 3. The van der Waals surface area contributed by atoms with Crippen LogP contribution in [0, 0.1) is 0 Å². The van der Waals surface area contributed by atoms with Crippen LogP contribution in [0.25, 0.3) is 0 Å². The van der Waals surface area contributed by atoms with E-state index in [1.807, 2.05) is 0 Å². The second-order valence-electron chi connectivity index (χ2n) is 4.67. The van der Waals surface area contributed by atoms with Crippen molar-refractivity contribution in [2.45, 2.75) is 45.4 Å². The minimum atomic E-state index is -0.303. The molecule has 5 nitrogen and oxygen atoms in total. The summed E-state index contributed by atoms with van der Waals surface area (Å²) in [6.45, 7) is 5.30. The van der Waals surface area contributed by atoms with E-state index >= 15 is 0 Å². The van der Waals surface area contributed by atoms with Gasteiger partial charge in [0.25, 0.3) is 5.95 Å². The van der Waals surface area contributed by atoms with Crippen molar-refractivity contribution in [3.8, 4) is 0 Å². The number of ketones is 1. The van der Waals surface area contributed by atoms with Gasteiger partial charge < -0.3 is 9.42 Å². The molecule has 1 aromatic heterocycles. The minimum Gasteiger partial charge on any atom is -0.338 e. The average Bonchev–Trinajstić information content (AvgIpc) is 2.64. The molecule has 0 radical (unpaired) electrons. The van der Waals surface area contributed by atoms with Crippen molar-refractivity contribution in [2.24, 2.45) is 0 Å². The molecule has 94 valence electrons. The van der Waals surface area contributed by atoms with Gasteiger partial charge in [0.05, 0.1) is 5.92 Å². The lowest BCUT2D eigenvalue weighted by Crippen LogP contribution is -2.25. The first kappa shape index (κ1) is 12.1. The molecule has 2 heterocycles. The topological polar surface area (TPSA) is 59.2 Å². The van der Waals surface area contributed by atoms with Gasteiger partial charge in [-0.3, -0.25) is 4.79 Å². The van der Waals surface area contributed by atoms with Crippen molar-refractivity contribution in [2.75, 3.05) is 18.0 Å². The predicted molar refractivity (Wildman–Crippen MR) is 64.1 cm³/mol. The summed E-state index contributed by atoms with van der Waals surface area (Å²) in [5, 5.41) is 3.97. The molecule has 0 bridgehead atoms. The molecule has 1 saturated heterocycles. The largest absolute Gasteiger partial charge is 0.338 e. The molecule has 2 rings (SSSR count). The molecule has 0 aromatic carbocycles. The molecule has 0 spiro atoms. The fourth-order valence-corrected chi connectivity index (χ4v) is 1.98. The van der Waals surface area contributed by atoms with E-state index in [1.165, 1.54) is 25.7 Å². The maximum absolute atomic E-state index is 11.2. The standard InChI is InChI=1S/C12H19N3O2/c1-9(10(2)16)11-13-12(14-17-11)15-7-5-3-4-6-8-15/h9H,3-8H2,1-2H3. The molecule has 1 fully saturated rings. The predicted octanol–water partition coefficient (Wildman–Crippen LogP) is 2.14. The molecule has 1 unspecified atom stereocenters. The number of hydrogen-bond donors (Lipinski definition) is 0. The fraction of sp³-hybridized carbons (Fsp3) is 0.750. The third-order valence-electron chi connectivity index (χ3n) is 3.30. The monoisotopic (exact) mass is 237 g/mol. The molecule has 0 saturated carbocycles. The maximum Gasteiger partial charge on any atom is 0.266 e. The summed E-state index contributed by atoms with van der Waals surface area (Å²) < 4.78 is 5.16. The Morgan fingerprint density at radius 2 is 1.94 bits per heavy atom. The molecule has 1 aliphatic heterocycles. The summed E-state index contributed by atoms with van der Waals surface area (Å²) in [7, 11) is 0. The van der Waals surface area contributed by atoms with Crippen LogP contribution >= 0.6 is 0 Å². The highest BCUT2D eigenvalue weighted by atomic mass is 16.5. The van der Waals surface area contributed by atoms with Crippen molar-refractivity contribution in [3.63, 3.8) is 0 Å². The van der Waals surface area contributed by atoms with Crippen LogP contribution in [-0.4, -0.2) is 29.0 Å². The Labute approximate surface area is 101 Å². The van der Waals surface area contributed by atoms with E-state index in [0.29, 0.717) is 11.8 Å². The van der Waals surface area contributed by atoms with Gasteiger partial charge in [0.2, 0.25) is 5.89 Å². The highest BCUT2D eigenvalue weighted by molar-refractivity contribution is 5.81. The summed E-state index contributed by atoms with van der Waals surface area (Å²) in [5.74, 6) is 0.811. The quantitative estimate of drug-likeness (QED) is 0.806. The van der Waals surface area contributed by atoms with E-state index in [9.17, 15) is 4.79 Å². The van der Waals surface area contributed by atoms with E-state index in [0.717, 1.165) is 13.1 Å². The Hall–Kier alpha value is -1.39. The van der Waals surface area contributed by atoms with Gasteiger partial charge in [-0.15, -0.1) is 0 Å². The van der Waals surface area contributed by atoms with Crippen LogP contribution in [0.5, 0.6) is 0 Å². The Balaban J connectivity index is 2.08. The highest BCUT2D eigenvalue weighted by Crippen LogP contribution is 2.20. The number of nitrogens with zero attached hydrogens (tertiary/aromatic N) is 3. The van der Waals surface area contributed by atoms with Gasteiger partial charge in [0.15, 0.2) is 0 Å². The number of Topliss-reactive ketones (excluding diaryl/α,β-unsaturated/α-hetero) is 1. The van der Waals surface area contributed by atoms with Crippen molar-refractivity contribution in [1.82, 2.24) is 10.1 Å². The second kappa shape index (κ2) is 5.29. The van der Waals surface area contributed by atoms with E-state index < -0.39 is 0 Å². The van der Waals surface area contributed by atoms with Crippen LogP contribution in [0.3, 0.4) is 0 Å². The third-order valence-corrected chi connectivity index (χ3v) is 3.30. The lowest BCUT2D eigenvalue weighted by atomic mass is 10.1. The van der Waals surface area contributed by atoms with Crippen LogP contribution in [-0.2, 0) is 4.79 Å². The summed E-state index contributed by atoms with van der Waals surface area (Å²) in [6.07, 6.45) is 4.88. The smallest absolute Gasteiger partial charge is 0.266 e. The van der Waals surface area contributed by atoms with E-state index in [-0.39, 0.29) is 11.7 Å². The summed E-state index contributed by atoms with van der Waals surface area (Å²) in [6, 6.07) is 0. The second-order valence-corrected chi connectivity index (χ2v) is 4.67. The van der Waals surface area contributed by atoms with Gasteiger partial charge in [-0.25, -0.2) is 0 Å². The first-order chi connectivity index (χ1) is 8.18. The van der Waals surface area contributed by atoms with Gasteiger partial charge in [0.1, 0.15) is 5.78 Å². The van der Waals surface area contributed by atoms with Gasteiger partial charge in [-0.2, -0.15) is 4.98 Å². The Kier molecular flexibility index (Phi) is 3.76. The number of aromatic nitrogens is 2. The first-order valence-electron chi connectivity index (χ1n) is 6.27. The van der Waals surface area contributed by atoms with E-state index in [1.54, 1.807) is 13.8 Å². The molecule has 0 N–H and O–H groups in total. The Morgan fingerprint density at radius 3 is 2.53 bits per heavy atom. The van der Waals surface area contributed by atoms with Crippen molar-refractivity contribution in [3.05, 3.63) is 5.89 Å². The van der Waals surface area contributed by atoms with Crippen molar-refractivity contribution < 1.29 is 9.32 Å². The number of carbonyl (C=O) groups excluding carboxylic acids is 1. The fourth-order valence-electron chi connectivity index (χ4n) is 1.98. The molecule has 1 aliphatic rings. The van der Waals surface area contributed by atoms with Gasteiger partial charge in [-0.1, -0.05) is 12.8 Å². The molecular formula is C12H19N3O2. The van der Waals surface area contributed by atoms with Crippen LogP contribution in [0.15, 0.2) is 4.52 Å². The number of hydrogen-bond acceptors (Lipinski definition) is 5. The molecule has 5 heteroatoms. The van der Waals surface area contributed by atoms with Crippen molar-refractivity contribution >= 4 is 11.7 Å². The van der Waals surface area contributed by atoms with Crippen LogP contribution in [0.1, 0.15) is 51.3 Å². The third kappa shape index (κ3) is 2.84. The molecule has 0 aliphatic carbocycles. The zero-order chi connectivity index (χ0) is 12.3. The number of carbonyl (C=O) groups is 1. The number of anilines is 1. The van der Waals surface area contributed by atoms with E-state index in [4.69, 9.17) is 4.52 Å². The van der Waals surface area contributed by atoms with Crippen molar-refractivity contribution in [1.29, 1.82) is 0 Å². The normalized spacial score (nSPS) is 18.8. The minimum absolute atomic E-state index is 0.0519. The van der Waals surface area contributed by atoms with Gasteiger partial charge in [-0.05, 0) is 31.8 Å². The average molecular weight is 237 g/mol. The maximum atomic E-state index is 11.2. The first-order valence-corrected chi connectivity index (χ1v) is 6.27. The molecule has 17 heavy (non-hydrogen) atoms. The zero-order valence-corrected chi connectivity index (χ0v) is 10.5. The van der Waals surface area contributed by atoms with Crippen LogP contribution in [0.4, 0.5) is 5.95 Å². The summed E-state index contributed by atoms with van der Waals surface area (Å²) in [4.78, 5) is 17.7. The lowest BCUT2D eigenvalue weighted by molar-refractivity contribution is -0.118. The van der Waals surface area contributed by atoms with Crippen LogP contribution < -0.4 is 4.90 Å². The van der Waals surface area contributed by atoms with Crippen LogP contribution in [0.2, 0.25) is 0 Å². The highest BCUT2D eigenvalue weighted by Gasteiger charge is 2.21.